The Hall–Kier alpha value is -2.27. The van der Waals surface area contributed by atoms with E-state index in [4.69, 9.17) is 5.73 Å². The molecule has 8 nitrogen and oxygen atoms in total. The lowest BCUT2D eigenvalue weighted by Crippen LogP contribution is -2.55. The third kappa shape index (κ3) is 5.09. The van der Waals surface area contributed by atoms with Crippen LogP contribution in [0.1, 0.15) is 79.1 Å². The van der Waals surface area contributed by atoms with Crippen molar-refractivity contribution in [2.75, 3.05) is 18.4 Å². The Balaban J connectivity index is 1.59. The van der Waals surface area contributed by atoms with Crippen molar-refractivity contribution in [1.82, 2.24) is 9.62 Å². The number of nitrogens with two attached hydrogens (primary N) is 1. The number of nitrogens with zero attached hydrogens (tertiary/aromatic N) is 1. The Morgan fingerprint density at radius 1 is 1.08 bits per heavy atom. The maximum atomic E-state index is 13.2. The molecule has 10 heteroatoms. The number of carbonyl (C=O) groups is 2. The number of benzene rings is 1. The Labute approximate surface area is 217 Å². The maximum Gasteiger partial charge on any atom is 0.256 e. The number of hydrogen-bond donors (Lipinski definition) is 3. The van der Waals surface area contributed by atoms with Gasteiger partial charge in [-0.05, 0) is 82.2 Å². The predicted octanol–water partition coefficient (Wildman–Crippen LogP) is 3.93. The topological polar surface area (TPSA) is 122 Å². The van der Waals surface area contributed by atoms with Gasteiger partial charge in [0.25, 0.3) is 11.8 Å². The second kappa shape index (κ2) is 9.24. The van der Waals surface area contributed by atoms with Crippen LogP contribution in [0.25, 0.3) is 0 Å². The molecule has 0 bridgehead atoms. The van der Waals surface area contributed by atoms with Crippen molar-refractivity contribution in [3.05, 3.63) is 45.8 Å². The van der Waals surface area contributed by atoms with Crippen LogP contribution in [0.3, 0.4) is 0 Å². The van der Waals surface area contributed by atoms with Gasteiger partial charge in [0.1, 0.15) is 5.00 Å². The number of piperidine rings is 1. The summed E-state index contributed by atoms with van der Waals surface area (Å²) in [6.07, 6.45) is 1.62. The molecule has 2 atom stereocenters. The van der Waals surface area contributed by atoms with Crippen molar-refractivity contribution in [3.8, 4) is 0 Å². The van der Waals surface area contributed by atoms with Gasteiger partial charge in [-0.25, -0.2) is 8.42 Å². The molecule has 36 heavy (non-hydrogen) atoms. The molecule has 4 rings (SSSR count). The number of fused-ring (bicyclic) bond motifs is 1. The number of amides is 2. The molecule has 2 amide bonds. The van der Waals surface area contributed by atoms with Crippen molar-refractivity contribution in [1.29, 1.82) is 0 Å². The first-order valence-corrected chi connectivity index (χ1v) is 14.5. The number of carbonyl (C=O) groups excluding carboxylic acids is 2. The number of sulfonamides is 1. The van der Waals surface area contributed by atoms with Gasteiger partial charge < -0.3 is 16.4 Å². The summed E-state index contributed by atoms with van der Waals surface area (Å²) in [5.74, 6) is -0.404. The van der Waals surface area contributed by atoms with Crippen molar-refractivity contribution < 1.29 is 18.0 Å². The molecule has 0 aliphatic carbocycles. The quantitative estimate of drug-likeness (QED) is 0.539. The van der Waals surface area contributed by atoms with E-state index in [1.54, 1.807) is 0 Å². The zero-order chi connectivity index (χ0) is 26.6. The normalized spacial score (nSPS) is 23.6. The Morgan fingerprint density at radius 2 is 1.67 bits per heavy atom. The third-order valence-electron chi connectivity index (χ3n) is 6.91. The molecule has 3 heterocycles. The number of rotatable bonds is 5. The lowest BCUT2D eigenvalue weighted by molar-refractivity contribution is 0.0999. The summed E-state index contributed by atoms with van der Waals surface area (Å²) in [7, 11) is -3.64. The Morgan fingerprint density at radius 3 is 2.22 bits per heavy atom. The molecule has 2 aliphatic heterocycles. The van der Waals surface area contributed by atoms with Crippen LogP contribution in [-0.4, -0.2) is 43.2 Å². The predicted molar refractivity (Wildman–Crippen MR) is 143 cm³/mol. The highest BCUT2D eigenvalue weighted by molar-refractivity contribution is 7.89. The van der Waals surface area contributed by atoms with Gasteiger partial charge in [0.05, 0.1) is 10.5 Å². The number of hydrogen-bond acceptors (Lipinski definition) is 6. The van der Waals surface area contributed by atoms with Crippen molar-refractivity contribution >= 4 is 38.2 Å². The van der Waals surface area contributed by atoms with Gasteiger partial charge >= 0.3 is 0 Å². The fraction of sp³-hybridized carbons (Fsp3) is 0.538. The third-order valence-corrected chi connectivity index (χ3v) is 10.2. The van der Waals surface area contributed by atoms with Crippen LogP contribution in [0, 0.1) is 11.8 Å². The van der Waals surface area contributed by atoms with Gasteiger partial charge in [0.15, 0.2) is 0 Å². The van der Waals surface area contributed by atoms with Crippen LogP contribution >= 0.6 is 11.3 Å². The molecule has 1 saturated heterocycles. The molecule has 1 aromatic heterocycles. The lowest BCUT2D eigenvalue weighted by atomic mass is 9.81. The second-order valence-electron chi connectivity index (χ2n) is 11.5. The van der Waals surface area contributed by atoms with E-state index in [1.807, 2.05) is 13.8 Å². The van der Waals surface area contributed by atoms with Gasteiger partial charge in [-0.1, -0.05) is 13.8 Å². The molecule has 196 valence electrons. The highest BCUT2D eigenvalue weighted by atomic mass is 32.2. The summed E-state index contributed by atoms with van der Waals surface area (Å²) in [5.41, 5.74) is 6.63. The standard InChI is InChI=1S/C26H36N4O4S2/c1-15-11-16(2)14-30(13-15)36(33,34)18-9-7-17(8-10-18)23(32)28-24-20(22(27)31)19-12-25(3,4)29-26(5,6)21(19)35-24/h7-10,15-16,29H,11-14H2,1-6H3,(H2,27,31)(H,28,32)/t15-,16-/m0/s1. The van der Waals surface area contributed by atoms with Crippen molar-refractivity contribution in [2.24, 2.45) is 17.6 Å². The summed E-state index contributed by atoms with van der Waals surface area (Å²) in [4.78, 5) is 26.7. The largest absolute Gasteiger partial charge is 0.365 e. The lowest BCUT2D eigenvalue weighted by Gasteiger charge is -2.42. The fourth-order valence-electron chi connectivity index (χ4n) is 5.78. The Bertz CT molecular complexity index is 1290. The van der Waals surface area contributed by atoms with Crippen molar-refractivity contribution in [2.45, 2.75) is 70.4 Å². The average molecular weight is 533 g/mol. The van der Waals surface area contributed by atoms with Crippen LogP contribution in [-0.2, 0) is 22.0 Å². The van der Waals surface area contributed by atoms with Gasteiger partial charge in [0.2, 0.25) is 10.0 Å². The highest BCUT2D eigenvalue weighted by Gasteiger charge is 2.41. The minimum absolute atomic E-state index is 0.166. The number of nitrogens with one attached hydrogen (secondary N) is 2. The molecule has 1 fully saturated rings. The van der Waals surface area contributed by atoms with Crippen molar-refractivity contribution in [3.63, 3.8) is 0 Å². The van der Waals surface area contributed by atoms with E-state index < -0.39 is 27.4 Å². The molecule has 0 spiro atoms. The monoisotopic (exact) mass is 532 g/mol. The maximum absolute atomic E-state index is 13.2. The van der Waals surface area contributed by atoms with E-state index in [-0.39, 0.29) is 10.4 Å². The van der Waals surface area contributed by atoms with Crippen LogP contribution < -0.4 is 16.4 Å². The SMILES string of the molecule is C[C@H]1C[C@H](C)CN(S(=O)(=O)c2ccc(C(=O)Nc3sc4c(c3C(N)=O)CC(C)(C)NC4(C)C)cc2)C1. The summed E-state index contributed by atoms with van der Waals surface area (Å²) < 4.78 is 27.9. The van der Waals surface area contributed by atoms with Crippen LogP contribution in [0.15, 0.2) is 29.2 Å². The van der Waals surface area contributed by atoms with E-state index in [9.17, 15) is 18.0 Å². The van der Waals surface area contributed by atoms with E-state index in [2.05, 4.69) is 38.3 Å². The van der Waals surface area contributed by atoms with Crippen LogP contribution in [0.2, 0.25) is 0 Å². The molecule has 2 aliphatic rings. The zero-order valence-electron chi connectivity index (χ0n) is 21.8. The molecule has 0 unspecified atom stereocenters. The first kappa shape index (κ1) is 26.8. The number of primary amides is 1. The summed E-state index contributed by atoms with van der Waals surface area (Å²) in [6.45, 7) is 13.3. The summed E-state index contributed by atoms with van der Waals surface area (Å²) >= 11 is 1.35. The smallest absolute Gasteiger partial charge is 0.256 e. The molecule has 0 radical (unpaired) electrons. The Kier molecular flexibility index (Phi) is 6.87. The number of anilines is 1. The second-order valence-corrected chi connectivity index (χ2v) is 14.5. The van der Waals surface area contributed by atoms with E-state index in [0.29, 0.717) is 47.5 Å². The molecule has 1 aromatic carbocycles. The minimum atomic E-state index is -3.64. The average Bonchev–Trinajstić information content (AvgIpc) is 3.10. The molecule has 2 aromatic rings. The van der Waals surface area contributed by atoms with Gasteiger partial charge in [-0.2, -0.15) is 4.31 Å². The first-order chi connectivity index (χ1) is 16.6. The van der Waals surface area contributed by atoms with Gasteiger partial charge in [0, 0.05) is 34.6 Å². The molecule has 0 saturated carbocycles. The number of thiophene rings is 1. The van der Waals surface area contributed by atoms with Gasteiger partial charge in [-0.3, -0.25) is 9.59 Å². The molecule has 4 N–H and O–H groups in total. The van der Waals surface area contributed by atoms with Crippen LogP contribution in [0.5, 0.6) is 0 Å². The summed E-state index contributed by atoms with van der Waals surface area (Å²) in [5, 5.41) is 6.86. The van der Waals surface area contributed by atoms with E-state index >= 15 is 0 Å². The molecular weight excluding hydrogens is 496 g/mol. The van der Waals surface area contributed by atoms with E-state index in [1.165, 1.54) is 39.9 Å². The van der Waals surface area contributed by atoms with E-state index in [0.717, 1.165) is 16.9 Å². The van der Waals surface area contributed by atoms with Crippen LogP contribution in [0.4, 0.5) is 5.00 Å². The zero-order valence-corrected chi connectivity index (χ0v) is 23.4. The summed E-state index contributed by atoms with van der Waals surface area (Å²) in [6, 6.07) is 5.95. The first-order valence-electron chi connectivity index (χ1n) is 12.3. The minimum Gasteiger partial charge on any atom is -0.365 e. The van der Waals surface area contributed by atoms with Gasteiger partial charge in [-0.15, -0.1) is 11.3 Å². The highest BCUT2D eigenvalue weighted by Crippen LogP contribution is 2.45. The fourth-order valence-corrected chi connectivity index (χ4v) is 8.74. The molecular formula is C26H36N4O4S2.